The molecule has 3 rings (SSSR count). The molecule has 4 atom stereocenters. The normalized spacial score (nSPS) is 25.7. The Labute approximate surface area is 165 Å². The monoisotopic (exact) mass is 384 g/mol. The van der Waals surface area contributed by atoms with Crippen LogP contribution in [0.5, 0.6) is 5.75 Å². The summed E-state index contributed by atoms with van der Waals surface area (Å²) in [7, 11) is 0. The van der Waals surface area contributed by atoms with Crippen molar-refractivity contribution >= 4 is 6.08 Å². The molecule has 2 aromatic rings. The third kappa shape index (κ3) is 4.62. The number of aromatic hydroxyl groups is 1. The number of ether oxygens (including phenoxy) is 1. The Morgan fingerprint density at radius 2 is 1.93 bits per heavy atom. The first-order chi connectivity index (χ1) is 13.4. The van der Waals surface area contributed by atoms with Crippen LogP contribution in [0.2, 0.25) is 0 Å². The molecule has 4 N–H and O–H groups in total. The van der Waals surface area contributed by atoms with Crippen LogP contribution in [-0.4, -0.2) is 45.3 Å². The van der Waals surface area contributed by atoms with Gasteiger partial charge in [0.2, 0.25) is 0 Å². The van der Waals surface area contributed by atoms with Gasteiger partial charge in [0.15, 0.2) is 0 Å². The summed E-state index contributed by atoms with van der Waals surface area (Å²) in [6, 6.07) is 13.4. The summed E-state index contributed by atoms with van der Waals surface area (Å²) in [5, 5.41) is 39.6. The van der Waals surface area contributed by atoms with E-state index in [1.54, 1.807) is 12.1 Å². The number of aliphatic hydroxyl groups excluding tert-OH is 3. The van der Waals surface area contributed by atoms with Gasteiger partial charge >= 0.3 is 0 Å². The molecule has 0 amide bonds. The third-order valence-corrected chi connectivity index (χ3v) is 5.28. The molecule has 150 valence electrons. The zero-order valence-electron chi connectivity index (χ0n) is 16.2. The van der Waals surface area contributed by atoms with Crippen molar-refractivity contribution < 1.29 is 25.2 Å². The average molecular weight is 384 g/mol. The maximum Gasteiger partial charge on any atom is 0.119 e. The van der Waals surface area contributed by atoms with Crippen LogP contribution in [0.4, 0.5) is 0 Å². The van der Waals surface area contributed by atoms with Crippen molar-refractivity contribution in [2.45, 2.75) is 51.1 Å². The number of allylic oxidation sites excluding steroid dienone is 1. The van der Waals surface area contributed by atoms with Crippen molar-refractivity contribution in [1.82, 2.24) is 0 Å². The fourth-order valence-electron chi connectivity index (χ4n) is 3.63. The topological polar surface area (TPSA) is 90.2 Å². The van der Waals surface area contributed by atoms with E-state index >= 15 is 0 Å². The van der Waals surface area contributed by atoms with Crippen LogP contribution in [0.15, 0.2) is 48.0 Å². The highest BCUT2D eigenvalue weighted by Crippen LogP contribution is 2.34. The van der Waals surface area contributed by atoms with Crippen LogP contribution in [-0.2, 0) is 11.2 Å². The van der Waals surface area contributed by atoms with Crippen LogP contribution in [0.25, 0.3) is 6.08 Å². The first kappa shape index (κ1) is 20.6. The lowest BCUT2D eigenvalue weighted by Gasteiger charge is -2.36. The van der Waals surface area contributed by atoms with Crippen molar-refractivity contribution in [2.24, 2.45) is 0 Å². The van der Waals surface area contributed by atoms with Crippen LogP contribution in [0.3, 0.4) is 0 Å². The number of aliphatic hydroxyl groups is 3. The Hall–Kier alpha value is -2.18. The Bertz CT molecular complexity index is 845. The molecule has 3 unspecified atom stereocenters. The largest absolute Gasteiger partial charge is 0.508 e. The van der Waals surface area contributed by atoms with E-state index in [2.05, 4.69) is 25.1 Å². The maximum atomic E-state index is 10.3. The molecule has 2 aromatic carbocycles. The second kappa shape index (κ2) is 8.88. The first-order valence-electron chi connectivity index (χ1n) is 9.56. The Balaban J connectivity index is 1.81. The van der Waals surface area contributed by atoms with Crippen molar-refractivity contribution in [3.05, 3.63) is 70.3 Å². The van der Waals surface area contributed by atoms with Gasteiger partial charge in [0, 0.05) is 6.42 Å². The summed E-state index contributed by atoms with van der Waals surface area (Å²) in [6.07, 6.45) is -0.410. The third-order valence-electron chi connectivity index (χ3n) is 5.28. The van der Waals surface area contributed by atoms with E-state index in [0.717, 1.165) is 22.3 Å². The van der Waals surface area contributed by atoms with E-state index in [1.807, 2.05) is 25.1 Å². The molecule has 0 aromatic heterocycles. The van der Waals surface area contributed by atoms with Crippen molar-refractivity contribution in [1.29, 1.82) is 0 Å². The number of benzene rings is 2. The van der Waals surface area contributed by atoms with E-state index < -0.39 is 24.4 Å². The minimum Gasteiger partial charge on any atom is -0.508 e. The van der Waals surface area contributed by atoms with Crippen LogP contribution >= 0.6 is 0 Å². The summed E-state index contributed by atoms with van der Waals surface area (Å²) in [5.41, 5.74) is 5.02. The minimum absolute atomic E-state index is 0.205. The fraction of sp³-hybridized carbons (Fsp3) is 0.391. The summed E-state index contributed by atoms with van der Waals surface area (Å²) < 4.78 is 5.76. The van der Waals surface area contributed by atoms with Crippen LogP contribution in [0, 0.1) is 6.92 Å². The lowest BCUT2D eigenvalue weighted by Crippen LogP contribution is -2.47. The molecular weight excluding hydrogens is 356 g/mol. The molecule has 1 aliphatic rings. The fourth-order valence-corrected chi connectivity index (χ4v) is 3.63. The van der Waals surface area contributed by atoms with Crippen molar-refractivity contribution in [2.75, 3.05) is 6.61 Å². The van der Waals surface area contributed by atoms with Gasteiger partial charge in [0.1, 0.15) is 18.0 Å². The molecule has 0 saturated carbocycles. The molecule has 0 aliphatic carbocycles. The molecule has 0 bridgehead atoms. The molecule has 0 spiro atoms. The maximum absolute atomic E-state index is 10.3. The number of rotatable bonds is 5. The SMILES string of the molecule is C/C(=C\c1ccccc1C)Cc1cc(C2CC(O)[C@H](O)C(CO)O2)ccc1O. The first-order valence-corrected chi connectivity index (χ1v) is 9.56. The highest BCUT2D eigenvalue weighted by molar-refractivity contribution is 5.57. The zero-order valence-corrected chi connectivity index (χ0v) is 16.2. The Morgan fingerprint density at radius 1 is 1.18 bits per heavy atom. The number of phenolic OH excluding ortho intramolecular Hbond substituents is 1. The number of phenols is 1. The van der Waals surface area contributed by atoms with E-state index in [0.29, 0.717) is 6.42 Å². The molecule has 0 radical (unpaired) electrons. The smallest absolute Gasteiger partial charge is 0.119 e. The van der Waals surface area contributed by atoms with Crippen LogP contribution < -0.4 is 0 Å². The number of hydrogen-bond donors (Lipinski definition) is 4. The van der Waals surface area contributed by atoms with Gasteiger partial charge in [-0.15, -0.1) is 0 Å². The van der Waals surface area contributed by atoms with Crippen molar-refractivity contribution in [3.8, 4) is 5.75 Å². The second-order valence-corrected chi connectivity index (χ2v) is 7.55. The van der Waals surface area contributed by atoms with Gasteiger partial charge in [-0.1, -0.05) is 42.0 Å². The summed E-state index contributed by atoms with van der Waals surface area (Å²) in [5.74, 6) is 0.205. The zero-order chi connectivity index (χ0) is 20.3. The van der Waals surface area contributed by atoms with Gasteiger partial charge in [0.05, 0.1) is 18.8 Å². The van der Waals surface area contributed by atoms with E-state index in [4.69, 9.17) is 4.74 Å². The van der Waals surface area contributed by atoms with Crippen LogP contribution in [0.1, 0.15) is 41.7 Å². The number of hydrogen-bond acceptors (Lipinski definition) is 5. The summed E-state index contributed by atoms with van der Waals surface area (Å²) in [4.78, 5) is 0. The lowest BCUT2D eigenvalue weighted by atomic mass is 9.92. The highest BCUT2D eigenvalue weighted by atomic mass is 16.5. The molecule has 1 saturated heterocycles. The highest BCUT2D eigenvalue weighted by Gasteiger charge is 2.37. The second-order valence-electron chi connectivity index (χ2n) is 7.55. The molecule has 5 nitrogen and oxygen atoms in total. The summed E-state index contributed by atoms with van der Waals surface area (Å²) >= 11 is 0. The van der Waals surface area contributed by atoms with Gasteiger partial charge in [-0.05, 0) is 54.7 Å². The van der Waals surface area contributed by atoms with Crippen molar-refractivity contribution in [3.63, 3.8) is 0 Å². The van der Waals surface area contributed by atoms with Gasteiger partial charge in [-0.25, -0.2) is 0 Å². The molecule has 1 aliphatic heterocycles. The molecule has 1 heterocycles. The lowest BCUT2D eigenvalue weighted by molar-refractivity contribution is -0.181. The molecule has 5 heteroatoms. The van der Waals surface area contributed by atoms with E-state index in [-0.39, 0.29) is 18.8 Å². The van der Waals surface area contributed by atoms with Gasteiger partial charge in [-0.3, -0.25) is 0 Å². The molecular formula is C23H28O5. The number of aryl methyl sites for hydroxylation is 1. The van der Waals surface area contributed by atoms with Gasteiger partial charge in [-0.2, -0.15) is 0 Å². The standard InChI is InChI=1S/C23H28O5/c1-14(9-16-6-4-3-5-15(16)2)10-18-11-17(7-8-19(18)25)21-12-20(26)23(27)22(13-24)28-21/h3-9,11,20-27H,10,12-13H2,1-2H3/b14-9+/t20?,21?,22?,23-/m0/s1. The predicted octanol–water partition coefficient (Wildman–Crippen LogP) is 2.89. The van der Waals surface area contributed by atoms with E-state index in [1.165, 1.54) is 5.56 Å². The molecule has 28 heavy (non-hydrogen) atoms. The minimum atomic E-state index is -1.10. The predicted molar refractivity (Wildman–Crippen MR) is 108 cm³/mol. The van der Waals surface area contributed by atoms with Gasteiger partial charge in [0.25, 0.3) is 0 Å². The average Bonchev–Trinajstić information content (AvgIpc) is 2.67. The quantitative estimate of drug-likeness (QED) is 0.636. The Morgan fingerprint density at radius 3 is 2.64 bits per heavy atom. The molecule has 1 fully saturated rings. The van der Waals surface area contributed by atoms with Gasteiger partial charge < -0.3 is 25.2 Å². The van der Waals surface area contributed by atoms with E-state index in [9.17, 15) is 20.4 Å². The summed E-state index contributed by atoms with van der Waals surface area (Å²) in [6.45, 7) is 3.73. The Kier molecular flexibility index (Phi) is 6.52.